The van der Waals surface area contributed by atoms with E-state index < -0.39 is 0 Å². The molecule has 0 atom stereocenters. The number of hydrogen-bond donors (Lipinski definition) is 2. The zero-order valence-corrected chi connectivity index (χ0v) is 21.4. The number of ether oxygens (including phenoxy) is 1. The molecule has 1 amide bonds. The van der Waals surface area contributed by atoms with Crippen LogP contribution in [0.5, 0.6) is 5.75 Å². The van der Waals surface area contributed by atoms with E-state index in [1.165, 1.54) is 6.42 Å². The van der Waals surface area contributed by atoms with E-state index in [0.717, 1.165) is 37.2 Å². The Morgan fingerprint density at radius 2 is 1.92 bits per heavy atom. The molecule has 188 valence electrons. The number of aryl methyl sites for hydroxylation is 1. The second-order valence-corrected chi connectivity index (χ2v) is 9.96. The lowest BCUT2D eigenvalue weighted by molar-refractivity contribution is 0.0744. The van der Waals surface area contributed by atoms with Crippen LogP contribution in [0, 0.1) is 18.3 Å². The molecular weight excluding hydrogens is 456 g/mol. The lowest BCUT2D eigenvalue weighted by atomic mass is 9.85. The Bertz CT molecular complexity index is 1300. The molecule has 2 aromatic heterocycles. The van der Waals surface area contributed by atoms with Gasteiger partial charge in [-0.25, -0.2) is 9.69 Å². The number of nitrogens with zero attached hydrogens (tertiary/aromatic N) is 6. The summed E-state index contributed by atoms with van der Waals surface area (Å²) in [6.07, 6.45) is 6.62. The van der Waals surface area contributed by atoms with E-state index in [4.69, 9.17) is 4.74 Å². The summed E-state index contributed by atoms with van der Waals surface area (Å²) in [6.45, 7) is 9.82. The Morgan fingerprint density at radius 1 is 1.17 bits per heavy atom. The minimum absolute atomic E-state index is 0.156. The number of nitrogens with one attached hydrogen (secondary N) is 2. The van der Waals surface area contributed by atoms with Gasteiger partial charge in [-0.2, -0.15) is 5.26 Å². The molecule has 0 saturated carbocycles. The Morgan fingerprint density at radius 3 is 2.58 bits per heavy atom. The Kier molecular flexibility index (Phi) is 7.22. The predicted octanol–water partition coefficient (Wildman–Crippen LogP) is 4.02. The van der Waals surface area contributed by atoms with Gasteiger partial charge in [0.15, 0.2) is 11.4 Å². The van der Waals surface area contributed by atoms with Gasteiger partial charge in [0.1, 0.15) is 6.07 Å². The number of methoxy groups -OCH3 is 1. The molecule has 36 heavy (non-hydrogen) atoms. The number of piperidine rings is 1. The fraction of sp³-hybridized carbons (Fsp3) is 0.423. The maximum Gasteiger partial charge on any atom is 0.287 e. The third-order valence-electron chi connectivity index (χ3n) is 6.21. The molecule has 0 bridgehead atoms. The summed E-state index contributed by atoms with van der Waals surface area (Å²) >= 11 is 0. The lowest BCUT2D eigenvalue weighted by Gasteiger charge is -2.26. The molecule has 3 heterocycles. The van der Waals surface area contributed by atoms with Crippen LogP contribution in [0.25, 0.3) is 5.69 Å². The molecule has 0 spiro atoms. The van der Waals surface area contributed by atoms with Crippen LogP contribution in [0.2, 0.25) is 0 Å². The van der Waals surface area contributed by atoms with Crippen LogP contribution in [0.15, 0.2) is 30.6 Å². The van der Waals surface area contributed by atoms with E-state index in [-0.39, 0.29) is 17.0 Å². The maximum absolute atomic E-state index is 12.7. The summed E-state index contributed by atoms with van der Waals surface area (Å²) in [5, 5.41) is 23.2. The molecule has 0 radical (unpaired) electrons. The molecule has 1 fully saturated rings. The summed E-state index contributed by atoms with van der Waals surface area (Å²) < 4.78 is 7.10. The average molecular weight is 489 g/mol. The molecule has 10 heteroatoms. The normalized spacial score (nSPS) is 14.2. The summed E-state index contributed by atoms with van der Waals surface area (Å²) in [5.41, 5.74) is 7.19. The fourth-order valence-electron chi connectivity index (χ4n) is 4.13. The van der Waals surface area contributed by atoms with Crippen LogP contribution in [0.1, 0.15) is 67.3 Å². The minimum atomic E-state index is -0.282. The van der Waals surface area contributed by atoms with Crippen LogP contribution in [0.3, 0.4) is 0 Å². The molecular formula is C26H32N8O2. The van der Waals surface area contributed by atoms with Crippen molar-refractivity contribution in [1.82, 2.24) is 30.4 Å². The highest BCUT2D eigenvalue weighted by atomic mass is 16.5. The number of nitriles is 1. The number of pyridine rings is 1. The van der Waals surface area contributed by atoms with Crippen LogP contribution in [0.4, 0.5) is 11.4 Å². The van der Waals surface area contributed by atoms with Gasteiger partial charge in [-0.1, -0.05) is 32.4 Å². The number of anilines is 2. The first kappa shape index (κ1) is 25.1. The van der Waals surface area contributed by atoms with Gasteiger partial charge in [-0.15, -0.1) is 5.10 Å². The van der Waals surface area contributed by atoms with E-state index in [0.29, 0.717) is 28.4 Å². The van der Waals surface area contributed by atoms with Gasteiger partial charge in [0, 0.05) is 13.1 Å². The highest BCUT2D eigenvalue weighted by Gasteiger charge is 2.21. The molecule has 10 nitrogen and oxygen atoms in total. The average Bonchev–Trinajstić information content (AvgIpc) is 3.35. The quantitative estimate of drug-likeness (QED) is 0.534. The zero-order chi connectivity index (χ0) is 25.9. The molecule has 3 aromatic rings. The summed E-state index contributed by atoms with van der Waals surface area (Å²) in [7, 11) is 1.54. The fourth-order valence-corrected chi connectivity index (χ4v) is 4.13. The predicted molar refractivity (Wildman–Crippen MR) is 136 cm³/mol. The topological polar surface area (TPSA) is 121 Å². The number of carbonyl (C=O) groups excluding carboxylic acids is 1. The van der Waals surface area contributed by atoms with E-state index in [1.54, 1.807) is 24.2 Å². The number of rotatable bonds is 6. The smallest absolute Gasteiger partial charge is 0.287 e. The van der Waals surface area contributed by atoms with Crippen molar-refractivity contribution in [2.75, 3.05) is 25.5 Å². The highest BCUT2D eigenvalue weighted by molar-refractivity contribution is 5.91. The van der Waals surface area contributed by atoms with Gasteiger partial charge in [-0.3, -0.25) is 15.2 Å². The lowest BCUT2D eigenvalue weighted by Crippen LogP contribution is -2.45. The summed E-state index contributed by atoms with van der Waals surface area (Å²) in [4.78, 5) is 17.2. The Hall–Kier alpha value is -3.97. The first-order valence-corrected chi connectivity index (χ1v) is 12.0. The maximum atomic E-state index is 12.7. The molecule has 4 rings (SSSR count). The van der Waals surface area contributed by atoms with Crippen LogP contribution in [-0.2, 0) is 5.41 Å². The first-order valence-electron chi connectivity index (χ1n) is 12.0. The SMILES string of the molecule is COc1c(C#N)cc(C(C)(C)C)cc1Nc1cnc(C)c(-n2cc(C(=O)NN3CCCCC3)nn2)c1. The second-order valence-electron chi connectivity index (χ2n) is 9.96. The van der Waals surface area contributed by atoms with Gasteiger partial charge in [-0.05, 0) is 48.9 Å². The van der Waals surface area contributed by atoms with Crippen LogP contribution < -0.4 is 15.5 Å². The molecule has 0 unspecified atom stereocenters. The second kappa shape index (κ2) is 10.3. The van der Waals surface area contributed by atoms with Crippen molar-refractivity contribution in [1.29, 1.82) is 5.26 Å². The number of benzene rings is 1. The zero-order valence-electron chi connectivity index (χ0n) is 21.4. The molecule has 1 aromatic carbocycles. The van der Waals surface area contributed by atoms with Gasteiger partial charge in [0.2, 0.25) is 0 Å². The van der Waals surface area contributed by atoms with Crippen molar-refractivity contribution in [2.24, 2.45) is 0 Å². The standard InChI is InChI=1S/C26H32N8O2/c1-17-23(34-16-22(30-32-34)25(35)31-33-9-7-6-8-10-33)13-20(15-28-17)29-21-12-19(26(2,3)4)11-18(14-27)24(21)36-5/h11-13,15-16,29H,6-10H2,1-5H3,(H,31,35). The van der Waals surface area contributed by atoms with Crippen molar-refractivity contribution in [3.05, 3.63) is 53.1 Å². The highest BCUT2D eigenvalue weighted by Crippen LogP contribution is 2.36. The molecule has 1 aliphatic heterocycles. The van der Waals surface area contributed by atoms with Gasteiger partial charge in [0.25, 0.3) is 5.91 Å². The van der Waals surface area contributed by atoms with Gasteiger partial charge >= 0.3 is 0 Å². The summed E-state index contributed by atoms with van der Waals surface area (Å²) in [5.74, 6) is 0.181. The number of aromatic nitrogens is 4. The van der Waals surface area contributed by atoms with E-state index in [9.17, 15) is 10.1 Å². The number of hydrazine groups is 1. The third-order valence-corrected chi connectivity index (χ3v) is 6.21. The monoisotopic (exact) mass is 488 g/mol. The van der Waals surface area contributed by atoms with Gasteiger partial charge < -0.3 is 10.1 Å². The number of amides is 1. The van der Waals surface area contributed by atoms with Gasteiger partial charge in [0.05, 0.1) is 47.8 Å². The summed E-state index contributed by atoms with van der Waals surface area (Å²) in [6, 6.07) is 7.94. The van der Waals surface area contributed by atoms with E-state index in [1.807, 2.05) is 30.1 Å². The first-order chi connectivity index (χ1) is 17.2. The van der Waals surface area contributed by atoms with E-state index in [2.05, 4.69) is 52.9 Å². The molecule has 1 saturated heterocycles. The molecule has 1 aliphatic rings. The third kappa shape index (κ3) is 5.47. The Labute approximate surface area is 211 Å². The van der Waals surface area contributed by atoms with Crippen LogP contribution >= 0.6 is 0 Å². The van der Waals surface area contributed by atoms with Crippen molar-refractivity contribution < 1.29 is 9.53 Å². The minimum Gasteiger partial charge on any atom is -0.493 e. The molecule has 0 aliphatic carbocycles. The van der Waals surface area contributed by atoms with Crippen molar-refractivity contribution in [3.63, 3.8) is 0 Å². The van der Waals surface area contributed by atoms with Crippen molar-refractivity contribution >= 4 is 17.3 Å². The number of carbonyl (C=O) groups is 1. The van der Waals surface area contributed by atoms with Crippen LogP contribution in [-0.4, -0.2) is 51.1 Å². The number of hydrogen-bond acceptors (Lipinski definition) is 8. The largest absolute Gasteiger partial charge is 0.493 e. The molecule has 2 N–H and O–H groups in total. The van der Waals surface area contributed by atoms with Crippen molar-refractivity contribution in [3.8, 4) is 17.5 Å². The van der Waals surface area contributed by atoms with Crippen molar-refractivity contribution in [2.45, 2.75) is 52.4 Å². The van der Waals surface area contributed by atoms with E-state index >= 15 is 0 Å². The Balaban J connectivity index is 1.61.